The van der Waals surface area contributed by atoms with Crippen LogP contribution in [0, 0.1) is 0 Å². The molecule has 0 aliphatic carbocycles. The van der Waals surface area contributed by atoms with Gasteiger partial charge in [-0.2, -0.15) is 0 Å². The van der Waals surface area contributed by atoms with Crippen LogP contribution in [0.5, 0.6) is 0 Å². The number of thiophene rings is 2. The lowest BCUT2D eigenvalue weighted by atomic mass is 9.97. The van der Waals surface area contributed by atoms with Crippen molar-refractivity contribution in [3.63, 3.8) is 0 Å². The Hall–Kier alpha value is -3.72. The van der Waals surface area contributed by atoms with Crippen LogP contribution in [0.25, 0.3) is 63.0 Å². The predicted octanol–water partition coefficient (Wildman–Crippen LogP) is 10.3. The van der Waals surface area contributed by atoms with Crippen molar-refractivity contribution >= 4 is 54.3 Å². The van der Waals surface area contributed by atoms with Crippen molar-refractivity contribution in [1.29, 1.82) is 0 Å². The van der Waals surface area contributed by atoms with Crippen LogP contribution in [0.4, 0.5) is 0 Å². The van der Waals surface area contributed by atoms with Crippen LogP contribution in [0.15, 0.2) is 121 Å². The average molecular weight is 469 g/mol. The molecular formula is C32H20S2. The van der Waals surface area contributed by atoms with Crippen molar-refractivity contribution in [1.82, 2.24) is 0 Å². The molecule has 7 aromatic rings. The summed E-state index contributed by atoms with van der Waals surface area (Å²) in [6.07, 6.45) is 0. The maximum absolute atomic E-state index is 2.31. The molecule has 160 valence electrons. The highest BCUT2D eigenvalue weighted by atomic mass is 32.1. The fourth-order valence-corrected chi connectivity index (χ4v) is 6.90. The summed E-state index contributed by atoms with van der Waals surface area (Å²) < 4.78 is 1.35. The fraction of sp³-hybridized carbons (Fsp3) is 0. The Morgan fingerprint density at radius 2 is 1.03 bits per heavy atom. The van der Waals surface area contributed by atoms with Gasteiger partial charge in [0, 0.05) is 19.3 Å². The lowest BCUT2D eigenvalue weighted by Crippen LogP contribution is -1.82. The molecule has 0 saturated carbocycles. The van der Waals surface area contributed by atoms with E-state index in [-0.39, 0.29) is 0 Å². The molecule has 2 heterocycles. The molecule has 5 aromatic carbocycles. The van der Waals surface area contributed by atoms with Gasteiger partial charge in [-0.15, -0.1) is 22.7 Å². The van der Waals surface area contributed by atoms with E-state index >= 15 is 0 Å². The molecule has 0 N–H and O–H groups in total. The van der Waals surface area contributed by atoms with Crippen LogP contribution < -0.4 is 0 Å². The molecule has 0 aliphatic heterocycles. The number of hydrogen-bond donors (Lipinski definition) is 0. The summed E-state index contributed by atoms with van der Waals surface area (Å²) in [7, 11) is 0. The van der Waals surface area contributed by atoms with E-state index in [0.717, 1.165) is 0 Å². The Morgan fingerprint density at radius 1 is 0.353 bits per heavy atom. The van der Waals surface area contributed by atoms with E-state index in [1.165, 1.54) is 63.0 Å². The molecule has 0 fully saturated rings. The summed E-state index contributed by atoms with van der Waals surface area (Å²) >= 11 is 3.74. The van der Waals surface area contributed by atoms with Crippen molar-refractivity contribution in [3.8, 4) is 31.3 Å². The molecule has 2 heteroatoms. The van der Waals surface area contributed by atoms with Gasteiger partial charge in [0.1, 0.15) is 0 Å². The van der Waals surface area contributed by atoms with Gasteiger partial charge in [0.05, 0.1) is 0 Å². The molecule has 0 amide bonds. The van der Waals surface area contributed by atoms with Crippen molar-refractivity contribution in [3.05, 3.63) is 121 Å². The second-order valence-corrected chi connectivity index (χ2v) is 10.8. The third-order valence-corrected chi connectivity index (χ3v) is 8.97. The zero-order chi connectivity index (χ0) is 22.5. The molecule has 0 unspecified atom stereocenters. The van der Waals surface area contributed by atoms with E-state index in [0.29, 0.717) is 0 Å². The zero-order valence-corrected chi connectivity index (χ0v) is 20.0. The summed E-state index contributed by atoms with van der Waals surface area (Å²) in [5.74, 6) is 0. The maximum Gasteiger partial charge on any atom is 0.0455 e. The highest BCUT2D eigenvalue weighted by molar-refractivity contribution is 7.27. The van der Waals surface area contributed by atoms with Gasteiger partial charge >= 0.3 is 0 Å². The van der Waals surface area contributed by atoms with Gasteiger partial charge in [0.2, 0.25) is 0 Å². The van der Waals surface area contributed by atoms with Crippen molar-refractivity contribution < 1.29 is 0 Å². The second kappa shape index (κ2) is 7.95. The zero-order valence-electron chi connectivity index (χ0n) is 18.4. The van der Waals surface area contributed by atoms with Crippen LogP contribution in [-0.4, -0.2) is 0 Å². The number of hydrogen-bond acceptors (Lipinski definition) is 2. The Bertz CT molecular complexity index is 1770. The van der Waals surface area contributed by atoms with Crippen LogP contribution >= 0.6 is 22.7 Å². The Kier molecular flexibility index (Phi) is 4.61. The smallest absolute Gasteiger partial charge is 0.0455 e. The summed E-state index contributed by atoms with van der Waals surface area (Å²) in [6.45, 7) is 0. The fourth-order valence-electron chi connectivity index (χ4n) is 4.75. The molecule has 0 saturated heterocycles. The van der Waals surface area contributed by atoms with Crippen LogP contribution in [0.3, 0.4) is 0 Å². The Balaban J connectivity index is 1.20. The molecule has 2 aromatic heterocycles. The van der Waals surface area contributed by atoms with Crippen molar-refractivity contribution in [2.75, 3.05) is 0 Å². The summed E-state index contributed by atoms with van der Waals surface area (Å²) in [5, 5.41) is 6.52. The number of rotatable bonds is 3. The van der Waals surface area contributed by atoms with Gasteiger partial charge in [-0.25, -0.2) is 0 Å². The standard InChI is InChI=1S/C32H20S2/c1-3-7-27-22(5-1)11-14-25-19-24(15-16-28(25)27)21-9-12-23(13-10-21)30-17-18-31(33-30)32-20-26-6-2-4-8-29(26)34-32/h1-20H. The van der Waals surface area contributed by atoms with E-state index in [4.69, 9.17) is 0 Å². The number of fused-ring (bicyclic) bond motifs is 4. The highest BCUT2D eigenvalue weighted by Gasteiger charge is 2.09. The largest absolute Gasteiger partial charge is 0.134 e. The van der Waals surface area contributed by atoms with Gasteiger partial charge in [0.15, 0.2) is 0 Å². The SMILES string of the molecule is c1ccc2sc(-c3ccc(-c4ccc(-c5ccc6c(ccc7ccccc76)c5)cc4)s3)cc2c1. The summed E-state index contributed by atoms with van der Waals surface area (Å²) in [5.41, 5.74) is 3.78. The highest BCUT2D eigenvalue weighted by Crippen LogP contribution is 2.40. The first-order valence-corrected chi connectivity index (χ1v) is 13.1. The van der Waals surface area contributed by atoms with Gasteiger partial charge in [-0.3, -0.25) is 0 Å². The van der Waals surface area contributed by atoms with E-state index < -0.39 is 0 Å². The molecule has 0 atom stereocenters. The molecule has 0 spiro atoms. The Labute approximate surface area is 206 Å². The topological polar surface area (TPSA) is 0 Å². The first-order chi connectivity index (χ1) is 16.8. The summed E-state index contributed by atoms with van der Waals surface area (Å²) in [4.78, 5) is 3.99. The minimum atomic E-state index is 1.25. The molecule has 0 radical (unpaired) electrons. The molecule has 7 rings (SSSR count). The van der Waals surface area contributed by atoms with Gasteiger partial charge < -0.3 is 0 Å². The van der Waals surface area contributed by atoms with Crippen LogP contribution in [0.2, 0.25) is 0 Å². The monoisotopic (exact) mass is 468 g/mol. The van der Waals surface area contributed by atoms with Gasteiger partial charge in [-0.1, -0.05) is 91.0 Å². The first kappa shape index (κ1) is 19.7. The third-order valence-electron chi connectivity index (χ3n) is 6.52. The van der Waals surface area contributed by atoms with Gasteiger partial charge in [-0.05, 0) is 74.0 Å². The van der Waals surface area contributed by atoms with Gasteiger partial charge in [0.25, 0.3) is 0 Å². The molecule has 0 aliphatic rings. The number of benzene rings is 5. The van der Waals surface area contributed by atoms with Crippen LogP contribution in [-0.2, 0) is 0 Å². The van der Waals surface area contributed by atoms with Crippen molar-refractivity contribution in [2.24, 2.45) is 0 Å². The first-order valence-electron chi connectivity index (χ1n) is 11.4. The minimum absolute atomic E-state index is 1.25. The summed E-state index contributed by atoms with van der Waals surface area (Å²) in [6, 6.07) is 44.3. The van der Waals surface area contributed by atoms with Crippen LogP contribution in [0.1, 0.15) is 0 Å². The molecular weight excluding hydrogens is 448 g/mol. The second-order valence-electron chi connectivity index (χ2n) is 8.61. The average Bonchev–Trinajstić information content (AvgIpc) is 3.56. The molecule has 0 nitrogen and oxygen atoms in total. The predicted molar refractivity (Wildman–Crippen MR) is 151 cm³/mol. The lowest BCUT2D eigenvalue weighted by Gasteiger charge is -2.08. The van der Waals surface area contributed by atoms with E-state index in [1.807, 2.05) is 22.7 Å². The van der Waals surface area contributed by atoms with Crippen molar-refractivity contribution in [2.45, 2.75) is 0 Å². The van der Waals surface area contributed by atoms with E-state index in [1.54, 1.807) is 0 Å². The third kappa shape index (κ3) is 3.35. The van der Waals surface area contributed by atoms with E-state index in [2.05, 4.69) is 121 Å². The Morgan fingerprint density at radius 3 is 1.91 bits per heavy atom. The quantitative estimate of drug-likeness (QED) is 0.226. The molecule has 0 bridgehead atoms. The maximum atomic E-state index is 2.31. The van der Waals surface area contributed by atoms with E-state index in [9.17, 15) is 0 Å². The normalized spacial score (nSPS) is 11.5. The lowest BCUT2D eigenvalue weighted by molar-refractivity contribution is 1.64. The molecule has 34 heavy (non-hydrogen) atoms. The minimum Gasteiger partial charge on any atom is -0.134 e.